The highest BCUT2D eigenvalue weighted by Crippen LogP contribution is 2.36. The lowest BCUT2D eigenvalue weighted by atomic mass is 9.96. The van der Waals surface area contributed by atoms with Crippen LogP contribution in [0.3, 0.4) is 0 Å². The molecule has 0 aromatic heterocycles. The summed E-state index contributed by atoms with van der Waals surface area (Å²) in [6.07, 6.45) is 1.05. The van der Waals surface area contributed by atoms with Gasteiger partial charge in [0.1, 0.15) is 0 Å². The number of benzene rings is 3. The van der Waals surface area contributed by atoms with Crippen LogP contribution in [-0.4, -0.2) is 7.05 Å². The van der Waals surface area contributed by atoms with Gasteiger partial charge < -0.3 is 16.8 Å². The van der Waals surface area contributed by atoms with Crippen LogP contribution in [0, 0.1) is 0 Å². The molecule has 3 rings (SSSR count). The second kappa shape index (κ2) is 6.67. The van der Waals surface area contributed by atoms with Gasteiger partial charge in [0, 0.05) is 35.2 Å². The monoisotopic (exact) mass is 317 g/mol. The second-order valence-corrected chi connectivity index (χ2v) is 5.91. The largest absolute Gasteiger partial charge is 0.399 e. The standard InChI is InChI=1S/C21H23N3/c1-3-14-4-6-15(7-5-14)16-8-10-19(21(12-16)24-2)18-11-9-17(22)13-20(18)23/h4-13,24H,3,22-23H2,1-2H3. The van der Waals surface area contributed by atoms with Crippen LogP contribution in [0.25, 0.3) is 22.3 Å². The van der Waals surface area contributed by atoms with Crippen LogP contribution >= 0.6 is 0 Å². The molecule has 5 N–H and O–H groups in total. The van der Waals surface area contributed by atoms with Crippen molar-refractivity contribution in [2.24, 2.45) is 0 Å². The third-order valence-electron chi connectivity index (χ3n) is 4.35. The number of aryl methyl sites for hydroxylation is 1. The van der Waals surface area contributed by atoms with E-state index in [9.17, 15) is 0 Å². The molecule has 0 radical (unpaired) electrons. The number of rotatable bonds is 4. The van der Waals surface area contributed by atoms with E-state index >= 15 is 0 Å². The Kier molecular flexibility index (Phi) is 4.43. The molecule has 0 saturated carbocycles. The first-order chi connectivity index (χ1) is 11.6. The Bertz CT molecular complexity index is 851. The lowest BCUT2D eigenvalue weighted by Gasteiger charge is -2.14. The number of hydrogen-bond donors (Lipinski definition) is 3. The van der Waals surface area contributed by atoms with Gasteiger partial charge >= 0.3 is 0 Å². The molecule has 3 heteroatoms. The van der Waals surface area contributed by atoms with Gasteiger partial charge in [0.2, 0.25) is 0 Å². The molecule has 3 nitrogen and oxygen atoms in total. The summed E-state index contributed by atoms with van der Waals surface area (Å²) < 4.78 is 0. The minimum Gasteiger partial charge on any atom is -0.399 e. The first-order valence-electron chi connectivity index (χ1n) is 8.19. The van der Waals surface area contributed by atoms with Crippen molar-refractivity contribution in [2.45, 2.75) is 13.3 Å². The van der Waals surface area contributed by atoms with E-state index in [4.69, 9.17) is 11.5 Å². The van der Waals surface area contributed by atoms with Gasteiger partial charge in [0.05, 0.1) is 0 Å². The maximum absolute atomic E-state index is 6.15. The average molecular weight is 317 g/mol. The quantitative estimate of drug-likeness (QED) is 0.606. The minimum atomic E-state index is 0.676. The van der Waals surface area contributed by atoms with Gasteiger partial charge in [0.15, 0.2) is 0 Å². The molecule has 0 bridgehead atoms. The maximum Gasteiger partial charge on any atom is 0.0424 e. The zero-order chi connectivity index (χ0) is 17.1. The highest BCUT2D eigenvalue weighted by molar-refractivity contribution is 5.88. The molecule has 0 heterocycles. The fourth-order valence-electron chi connectivity index (χ4n) is 2.92. The molecule has 3 aromatic rings. The Hall–Kier alpha value is -2.94. The Morgan fingerprint density at radius 3 is 2.08 bits per heavy atom. The van der Waals surface area contributed by atoms with Gasteiger partial charge in [-0.1, -0.05) is 49.4 Å². The van der Waals surface area contributed by atoms with Crippen molar-refractivity contribution in [3.8, 4) is 22.3 Å². The van der Waals surface area contributed by atoms with Crippen molar-refractivity contribution in [3.63, 3.8) is 0 Å². The summed E-state index contributed by atoms with van der Waals surface area (Å²) in [5.74, 6) is 0. The van der Waals surface area contributed by atoms with Crippen molar-refractivity contribution >= 4 is 17.1 Å². The van der Waals surface area contributed by atoms with Gasteiger partial charge in [-0.3, -0.25) is 0 Å². The summed E-state index contributed by atoms with van der Waals surface area (Å²) in [5.41, 5.74) is 20.2. The Labute approximate surface area is 143 Å². The topological polar surface area (TPSA) is 64.1 Å². The van der Waals surface area contributed by atoms with Gasteiger partial charge in [0.25, 0.3) is 0 Å². The second-order valence-electron chi connectivity index (χ2n) is 5.91. The third-order valence-corrected chi connectivity index (χ3v) is 4.35. The van der Waals surface area contributed by atoms with Gasteiger partial charge in [-0.15, -0.1) is 0 Å². The number of anilines is 3. The van der Waals surface area contributed by atoms with E-state index in [1.54, 1.807) is 6.07 Å². The fraction of sp³-hybridized carbons (Fsp3) is 0.143. The van der Waals surface area contributed by atoms with E-state index in [0.717, 1.165) is 23.2 Å². The van der Waals surface area contributed by atoms with Crippen molar-refractivity contribution in [1.82, 2.24) is 0 Å². The zero-order valence-corrected chi connectivity index (χ0v) is 14.1. The maximum atomic E-state index is 6.15. The summed E-state index contributed by atoms with van der Waals surface area (Å²) in [5, 5.41) is 3.28. The number of nitrogen functional groups attached to an aromatic ring is 2. The Morgan fingerprint density at radius 2 is 1.46 bits per heavy atom. The van der Waals surface area contributed by atoms with Crippen LogP contribution in [0.15, 0.2) is 60.7 Å². The lowest BCUT2D eigenvalue weighted by molar-refractivity contribution is 1.14. The molecule has 0 fully saturated rings. The SMILES string of the molecule is CCc1ccc(-c2ccc(-c3ccc(N)cc3N)c(NC)c2)cc1. The van der Waals surface area contributed by atoms with Crippen molar-refractivity contribution in [1.29, 1.82) is 0 Å². The smallest absolute Gasteiger partial charge is 0.0424 e. The van der Waals surface area contributed by atoms with Crippen molar-refractivity contribution in [2.75, 3.05) is 23.8 Å². The van der Waals surface area contributed by atoms with Crippen LogP contribution in [0.2, 0.25) is 0 Å². The van der Waals surface area contributed by atoms with E-state index in [2.05, 4.69) is 54.7 Å². The van der Waals surface area contributed by atoms with Crippen LogP contribution in [0.1, 0.15) is 12.5 Å². The molecule has 0 spiro atoms. The molecular weight excluding hydrogens is 294 g/mol. The van der Waals surface area contributed by atoms with E-state index in [1.807, 2.05) is 19.2 Å². The molecule has 122 valence electrons. The van der Waals surface area contributed by atoms with E-state index in [-0.39, 0.29) is 0 Å². The number of nitrogens with two attached hydrogens (primary N) is 2. The first-order valence-corrected chi connectivity index (χ1v) is 8.19. The normalized spacial score (nSPS) is 10.6. The van der Waals surface area contributed by atoms with Crippen molar-refractivity contribution in [3.05, 3.63) is 66.2 Å². The lowest BCUT2D eigenvalue weighted by Crippen LogP contribution is -1.97. The molecule has 0 aliphatic rings. The van der Waals surface area contributed by atoms with Crippen LogP contribution < -0.4 is 16.8 Å². The first kappa shape index (κ1) is 15.9. The fourth-order valence-corrected chi connectivity index (χ4v) is 2.92. The highest BCUT2D eigenvalue weighted by atomic mass is 14.8. The van der Waals surface area contributed by atoms with Crippen LogP contribution in [-0.2, 0) is 6.42 Å². The molecule has 0 atom stereocenters. The molecule has 0 amide bonds. The van der Waals surface area contributed by atoms with E-state index in [1.165, 1.54) is 16.7 Å². The summed E-state index contributed by atoms with van der Waals surface area (Å²) in [4.78, 5) is 0. The summed E-state index contributed by atoms with van der Waals surface area (Å²) in [7, 11) is 1.93. The minimum absolute atomic E-state index is 0.676. The molecule has 3 aromatic carbocycles. The Morgan fingerprint density at radius 1 is 0.792 bits per heavy atom. The molecule has 0 aliphatic carbocycles. The molecule has 0 unspecified atom stereocenters. The molecule has 24 heavy (non-hydrogen) atoms. The van der Waals surface area contributed by atoms with Gasteiger partial charge in [-0.05, 0) is 41.3 Å². The van der Waals surface area contributed by atoms with Gasteiger partial charge in [-0.2, -0.15) is 0 Å². The van der Waals surface area contributed by atoms with Crippen molar-refractivity contribution < 1.29 is 0 Å². The molecule has 0 aliphatic heterocycles. The molecule has 0 saturated heterocycles. The average Bonchev–Trinajstić information content (AvgIpc) is 2.61. The number of nitrogens with one attached hydrogen (secondary N) is 1. The molecular formula is C21H23N3. The predicted octanol–water partition coefficient (Wildman–Crippen LogP) is 4.79. The van der Waals surface area contributed by atoms with E-state index in [0.29, 0.717) is 11.4 Å². The highest BCUT2D eigenvalue weighted by Gasteiger charge is 2.09. The van der Waals surface area contributed by atoms with Crippen LogP contribution in [0.4, 0.5) is 17.1 Å². The van der Waals surface area contributed by atoms with Gasteiger partial charge in [-0.25, -0.2) is 0 Å². The predicted molar refractivity (Wildman–Crippen MR) is 105 cm³/mol. The summed E-state index contributed by atoms with van der Waals surface area (Å²) >= 11 is 0. The number of hydrogen-bond acceptors (Lipinski definition) is 3. The van der Waals surface area contributed by atoms with E-state index < -0.39 is 0 Å². The summed E-state index contributed by atoms with van der Waals surface area (Å²) in [6.45, 7) is 2.17. The zero-order valence-electron chi connectivity index (χ0n) is 14.1. The Balaban J connectivity index is 2.04. The summed E-state index contributed by atoms with van der Waals surface area (Å²) in [6, 6.07) is 20.7. The third kappa shape index (κ3) is 3.06. The van der Waals surface area contributed by atoms with Crippen LogP contribution in [0.5, 0.6) is 0 Å².